The Balaban J connectivity index is 1.53. The van der Waals surface area contributed by atoms with Gasteiger partial charge in [-0.25, -0.2) is 0 Å². The van der Waals surface area contributed by atoms with E-state index in [4.69, 9.17) is 4.52 Å². The van der Waals surface area contributed by atoms with E-state index in [1.165, 1.54) is 12.1 Å². The zero-order valence-electron chi connectivity index (χ0n) is 15.6. The van der Waals surface area contributed by atoms with Gasteiger partial charge in [-0.15, -0.1) is 0 Å². The largest absolute Gasteiger partial charge is 0.416 e. The highest BCUT2D eigenvalue weighted by Gasteiger charge is 2.37. The van der Waals surface area contributed by atoms with Crippen LogP contribution in [0.15, 0.2) is 59.1 Å². The minimum absolute atomic E-state index is 0.0230. The molecule has 150 valence electrons. The average Bonchev–Trinajstić information content (AvgIpc) is 3.34. The Bertz CT molecular complexity index is 1020. The number of aromatic nitrogens is 2. The number of carbonyl (C=O) groups is 1. The van der Waals surface area contributed by atoms with Gasteiger partial charge in [-0.2, -0.15) is 18.2 Å². The van der Waals surface area contributed by atoms with Crippen LogP contribution < -0.4 is 0 Å². The van der Waals surface area contributed by atoms with Gasteiger partial charge in [0.05, 0.1) is 17.5 Å². The van der Waals surface area contributed by atoms with Crippen molar-refractivity contribution in [1.82, 2.24) is 15.0 Å². The molecule has 1 amide bonds. The van der Waals surface area contributed by atoms with Crippen molar-refractivity contribution in [2.24, 2.45) is 0 Å². The van der Waals surface area contributed by atoms with Crippen LogP contribution in [0.25, 0.3) is 11.4 Å². The molecule has 1 aliphatic rings. The summed E-state index contributed by atoms with van der Waals surface area (Å²) < 4.78 is 44.1. The topological polar surface area (TPSA) is 59.2 Å². The minimum atomic E-state index is -4.45. The Morgan fingerprint density at radius 1 is 1.14 bits per heavy atom. The van der Waals surface area contributed by atoms with Crippen molar-refractivity contribution in [2.45, 2.75) is 31.5 Å². The molecule has 1 aliphatic heterocycles. The third-order valence-electron chi connectivity index (χ3n) is 5.15. The molecule has 2 aromatic carbocycles. The summed E-state index contributed by atoms with van der Waals surface area (Å²) in [6.45, 7) is 2.37. The number of benzene rings is 2. The Morgan fingerprint density at radius 3 is 2.62 bits per heavy atom. The van der Waals surface area contributed by atoms with E-state index in [0.29, 0.717) is 6.54 Å². The molecule has 2 atom stereocenters. The highest BCUT2D eigenvalue weighted by atomic mass is 19.4. The zero-order valence-corrected chi connectivity index (χ0v) is 15.6. The summed E-state index contributed by atoms with van der Waals surface area (Å²) in [5.74, 6) is 0.0208. The smallest absolute Gasteiger partial charge is 0.339 e. The molecule has 0 N–H and O–H groups in total. The third-order valence-corrected chi connectivity index (χ3v) is 5.15. The second-order valence-electron chi connectivity index (χ2n) is 7.07. The van der Waals surface area contributed by atoms with Crippen LogP contribution in [-0.4, -0.2) is 27.5 Å². The molecular formula is C21H18F3N3O2. The molecule has 0 radical (unpaired) electrons. The predicted octanol–water partition coefficient (Wildman–Crippen LogP) is 4.83. The first kappa shape index (κ1) is 19.2. The van der Waals surface area contributed by atoms with Gasteiger partial charge in [-0.3, -0.25) is 4.79 Å². The lowest BCUT2D eigenvalue weighted by Crippen LogP contribution is -2.28. The van der Waals surface area contributed by atoms with Crippen molar-refractivity contribution < 1.29 is 22.5 Å². The van der Waals surface area contributed by atoms with Crippen molar-refractivity contribution in [2.75, 3.05) is 6.54 Å². The van der Waals surface area contributed by atoms with Crippen LogP contribution >= 0.6 is 0 Å². The Kier molecular flexibility index (Phi) is 4.86. The SMILES string of the molecule is CC(c1ccccc1)N1CC(c2nc(-c3cccc(C(F)(F)F)c3)no2)CC1=O. The molecule has 1 fully saturated rings. The van der Waals surface area contributed by atoms with E-state index in [1.807, 2.05) is 37.3 Å². The first-order chi connectivity index (χ1) is 13.8. The molecule has 3 aromatic rings. The quantitative estimate of drug-likeness (QED) is 0.628. The van der Waals surface area contributed by atoms with Crippen LogP contribution in [-0.2, 0) is 11.0 Å². The second kappa shape index (κ2) is 7.35. The van der Waals surface area contributed by atoms with Gasteiger partial charge in [0.1, 0.15) is 0 Å². The lowest BCUT2D eigenvalue weighted by molar-refractivity contribution is -0.137. The van der Waals surface area contributed by atoms with Gasteiger partial charge in [-0.05, 0) is 24.6 Å². The molecule has 1 aromatic heterocycles. The van der Waals surface area contributed by atoms with Crippen LogP contribution in [0.2, 0.25) is 0 Å². The van der Waals surface area contributed by atoms with Gasteiger partial charge in [0, 0.05) is 18.5 Å². The number of alkyl halides is 3. The molecule has 2 unspecified atom stereocenters. The monoisotopic (exact) mass is 401 g/mol. The predicted molar refractivity (Wildman–Crippen MR) is 98.7 cm³/mol. The van der Waals surface area contributed by atoms with Crippen molar-refractivity contribution in [3.05, 3.63) is 71.6 Å². The molecule has 4 rings (SSSR count). The van der Waals surface area contributed by atoms with Gasteiger partial charge >= 0.3 is 6.18 Å². The molecule has 1 saturated heterocycles. The molecule has 29 heavy (non-hydrogen) atoms. The molecular weight excluding hydrogens is 383 g/mol. The second-order valence-corrected chi connectivity index (χ2v) is 7.07. The zero-order chi connectivity index (χ0) is 20.6. The van der Waals surface area contributed by atoms with E-state index in [-0.39, 0.29) is 41.6 Å². The Labute approximate surface area is 165 Å². The third kappa shape index (κ3) is 3.87. The van der Waals surface area contributed by atoms with E-state index in [2.05, 4.69) is 10.1 Å². The molecule has 0 bridgehead atoms. The number of rotatable bonds is 4. The van der Waals surface area contributed by atoms with Crippen LogP contribution in [0.5, 0.6) is 0 Å². The number of carbonyl (C=O) groups excluding carboxylic acids is 1. The van der Waals surface area contributed by atoms with Gasteiger partial charge in [0.15, 0.2) is 0 Å². The molecule has 2 heterocycles. The van der Waals surface area contributed by atoms with E-state index >= 15 is 0 Å². The average molecular weight is 401 g/mol. The summed E-state index contributed by atoms with van der Waals surface area (Å²) in [5.41, 5.74) is 0.464. The lowest BCUT2D eigenvalue weighted by atomic mass is 10.1. The summed E-state index contributed by atoms with van der Waals surface area (Å²) in [6.07, 6.45) is -4.23. The van der Waals surface area contributed by atoms with Gasteiger partial charge in [0.2, 0.25) is 17.6 Å². The van der Waals surface area contributed by atoms with Gasteiger partial charge in [-0.1, -0.05) is 47.6 Å². The van der Waals surface area contributed by atoms with Crippen molar-refractivity contribution >= 4 is 5.91 Å². The standard InChI is InChI=1S/C21H18F3N3O2/c1-13(14-6-3-2-4-7-14)27-12-16(11-18(27)28)20-25-19(26-29-20)15-8-5-9-17(10-15)21(22,23)24/h2-10,13,16H,11-12H2,1H3. The van der Waals surface area contributed by atoms with E-state index in [0.717, 1.165) is 17.7 Å². The lowest BCUT2D eigenvalue weighted by Gasteiger charge is -2.24. The van der Waals surface area contributed by atoms with Crippen LogP contribution in [0.4, 0.5) is 13.2 Å². The highest BCUT2D eigenvalue weighted by Crippen LogP contribution is 2.35. The van der Waals surface area contributed by atoms with E-state index in [1.54, 1.807) is 4.90 Å². The highest BCUT2D eigenvalue weighted by molar-refractivity contribution is 5.80. The van der Waals surface area contributed by atoms with Crippen LogP contribution in [0.3, 0.4) is 0 Å². The Hall–Kier alpha value is -3.16. The summed E-state index contributed by atoms with van der Waals surface area (Å²) >= 11 is 0. The number of amides is 1. The first-order valence-electron chi connectivity index (χ1n) is 9.18. The number of hydrogen-bond donors (Lipinski definition) is 0. The van der Waals surface area contributed by atoms with E-state index < -0.39 is 11.7 Å². The number of nitrogens with zero attached hydrogens (tertiary/aromatic N) is 3. The maximum Gasteiger partial charge on any atom is 0.416 e. The maximum atomic E-state index is 12.9. The molecule has 0 spiro atoms. The molecule has 8 heteroatoms. The van der Waals surface area contributed by atoms with Crippen molar-refractivity contribution in [3.63, 3.8) is 0 Å². The van der Waals surface area contributed by atoms with E-state index in [9.17, 15) is 18.0 Å². The fourth-order valence-corrected chi connectivity index (χ4v) is 3.54. The number of halogens is 3. The molecule has 5 nitrogen and oxygen atoms in total. The normalized spacial score (nSPS) is 18.3. The number of likely N-dealkylation sites (tertiary alicyclic amines) is 1. The summed E-state index contributed by atoms with van der Waals surface area (Å²) in [4.78, 5) is 18.5. The Morgan fingerprint density at radius 2 is 1.90 bits per heavy atom. The summed E-state index contributed by atoms with van der Waals surface area (Å²) in [5, 5.41) is 3.82. The van der Waals surface area contributed by atoms with Crippen LogP contribution in [0, 0.1) is 0 Å². The fourth-order valence-electron chi connectivity index (χ4n) is 3.54. The minimum Gasteiger partial charge on any atom is -0.339 e. The fraction of sp³-hybridized carbons (Fsp3) is 0.286. The summed E-state index contributed by atoms with van der Waals surface area (Å²) in [6, 6.07) is 14.4. The van der Waals surface area contributed by atoms with Gasteiger partial charge < -0.3 is 9.42 Å². The van der Waals surface area contributed by atoms with Crippen molar-refractivity contribution in [3.8, 4) is 11.4 Å². The maximum absolute atomic E-state index is 12.9. The van der Waals surface area contributed by atoms with Crippen LogP contribution in [0.1, 0.15) is 42.3 Å². The van der Waals surface area contributed by atoms with Crippen molar-refractivity contribution in [1.29, 1.82) is 0 Å². The first-order valence-corrected chi connectivity index (χ1v) is 9.18. The van der Waals surface area contributed by atoms with Gasteiger partial charge in [0.25, 0.3) is 0 Å². The summed E-state index contributed by atoms with van der Waals surface area (Å²) in [7, 11) is 0. The molecule has 0 aliphatic carbocycles. The molecule has 0 saturated carbocycles. The number of hydrogen-bond acceptors (Lipinski definition) is 4.